The molecule has 0 aromatic rings. The maximum Gasteiger partial charge on any atom is 0.237 e. The summed E-state index contributed by atoms with van der Waals surface area (Å²) in [6, 6.07) is 0.0214. The molecule has 1 amide bonds. The average Bonchev–Trinajstić information content (AvgIpc) is 2.15. The third kappa shape index (κ3) is 3.59. The van der Waals surface area contributed by atoms with Crippen LogP contribution in [0.25, 0.3) is 0 Å². The minimum absolute atomic E-state index is 0.0214. The summed E-state index contributed by atoms with van der Waals surface area (Å²) in [6.07, 6.45) is 3.30. The molecule has 0 radical (unpaired) electrons. The first-order valence-corrected chi connectivity index (χ1v) is 4.85. The van der Waals surface area contributed by atoms with Crippen LogP contribution in [-0.2, 0) is 4.79 Å². The maximum absolute atomic E-state index is 11.5. The van der Waals surface area contributed by atoms with E-state index in [-0.39, 0.29) is 11.9 Å². The van der Waals surface area contributed by atoms with E-state index in [4.69, 9.17) is 0 Å². The first kappa shape index (κ1) is 10.3. The molecule has 13 heavy (non-hydrogen) atoms. The minimum atomic E-state index is 0.0214. The Morgan fingerprint density at radius 3 is 2.92 bits per heavy atom. The smallest absolute Gasteiger partial charge is 0.237 e. The Morgan fingerprint density at radius 1 is 1.62 bits per heavy atom. The number of hydrogen-bond donors (Lipinski definition) is 2. The number of carbonyl (C=O) groups excluding carboxylic acids is 1. The fraction of sp³-hybridized carbons (Fsp3) is 0.700. The quantitative estimate of drug-likeness (QED) is 0.634. The van der Waals surface area contributed by atoms with Gasteiger partial charge in [0.05, 0.1) is 6.04 Å². The average molecular weight is 182 g/mol. The van der Waals surface area contributed by atoms with Crippen molar-refractivity contribution in [3.8, 4) is 0 Å². The van der Waals surface area contributed by atoms with Crippen molar-refractivity contribution in [2.24, 2.45) is 0 Å². The second-order valence-corrected chi connectivity index (χ2v) is 3.68. The molecule has 2 N–H and O–H groups in total. The molecule has 74 valence electrons. The Hall–Kier alpha value is -0.830. The topological polar surface area (TPSA) is 41.1 Å². The van der Waals surface area contributed by atoms with Crippen LogP contribution >= 0.6 is 0 Å². The van der Waals surface area contributed by atoms with Crippen molar-refractivity contribution in [1.29, 1.82) is 0 Å². The van der Waals surface area contributed by atoms with Crippen LogP contribution in [0.4, 0.5) is 0 Å². The molecule has 3 nitrogen and oxygen atoms in total. The Balaban J connectivity index is 2.25. The zero-order valence-corrected chi connectivity index (χ0v) is 8.23. The van der Waals surface area contributed by atoms with Gasteiger partial charge in [-0.25, -0.2) is 0 Å². The molecule has 0 spiro atoms. The van der Waals surface area contributed by atoms with Gasteiger partial charge in [-0.15, -0.1) is 0 Å². The van der Waals surface area contributed by atoms with Gasteiger partial charge in [0.15, 0.2) is 0 Å². The lowest BCUT2D eigenvalue weighted by atomic mass is 10.0. The monoisotopic (exact) mass is 182 g/mol. The van der Waals surface area contributed by atoms with E-state index in [1.54, 1.807) is 0 Å². The number of rotatable bonds is 3. The van der Waals surface area contributed by atoms with Gasteiger partial charge in [0.25, 0.3) is 0 Å². The highest BCUT2D eigenvalue weighted by atomic mass is 16.2. The first-order valence-electron chi connectivity index (χ1n) is 4.85. The van der Waals surface area contributed by atoms with E-state index in [1.807, 2.05) is 6.92 Å². The lowest BCUT2D eigenvalue weighted by Crippen LogP contribution is -2.46. The van der Waals surface area contributed by atoms with Crippen LogP contribution in [-0.4, -0.2) is 25.0 Å². The zero-order valence-electron chi connectivity index (χ0n) is 8.23. The predicted molar refractivity (Wildman–Crippen MR) is 53.5 cm³/mol. The molecule has 0 aliphatic carbocycles. The van der Waals surface area contributed by atoms with Crippen molar-refractivity contribution in [2.75, 3.05) is 13.1 Å². The molecule has 3 heteroatoms. The van der Waals surface area contributed by atoms with Crippen molar-refractivity contribution < 1.29 is 4.79 Å². The second kappa shape index (κ2) is 5.02. The van der Waals surface area contributed by atoms with Gasteiger partial charge in [-0.05, 0) is 26.3 Å². The third-order valence-corrected chi connectivity index (χ3v) is 2.19. The van der Waals surface area contributed by atoms with Gasteiger partial charge >= 0.3 is 0 Å². The van der Waals surface area contributed by atoms with Gasteiger partial charge in [0, 0.05) is 6.54 Å². The maximum atomic E-state index is 11.5. The number of carbonyl (C=O) groups is 1. The molecule has 1 aliphatic heterocycles. The summed E-state index contributed by atoms with van der Waals surface area (Å²) in [5, 5.41) is 6.05. The highest BCUT2D eigenvalue weighted by molar-refractivity contribution is 5.81. The van der Waals surface area contributed by atoms with Crippen LogP contribution in [0.15, 0.2) is 12.2 Å². The van der Waals surface area contributed by atoms with E-state index >= 15 is 0 Å². The summed E-state index contributed by atoms with van der Waals surface area (Å²) in [5.41, 5.74) is 0.990. The standard InChI is InChI=1S/C10H18N2O/c1-8(2)7-12-10(13)9-5-3-4-6-11-9/h9,11H,1,3-7H2,2H3,(H,12,13). The zero-order chi connectivity index (χ0) is 9.68. The van der Waals surface area contributed by atoms with Crippen molar-refractivity contribution in [1.82, 2.24) is 10.6 Å². The summed E-state index contributed by atoms with van der Waals surface area (Å²) >= 11 is 0. The van der Waals surface area contributed by atoms with E-state index in [0.717, 1.165) is 25.0 Å². The predicted octanol–water partition coefficient (Wildman–Crippen LogP) is 0.821. The molecule has 1 fully saturated rings. The Bertz CT molecular complexity index is 195. The van der Waals surface area contributed by atoms with E-state index in [1.165, 1.54) is 6.42 Å². The summed E-state index contributed by atoms with van der Waals surface area (Å²) in [6.45, 7) is 7.21. The van der Waals surface area contributed by atoms with Crippen LogP contribution in [0.5, 0.6) is 0 Å². The Kier molecular flexibility index (Phi) is 3.96. The lowest BCUT2D eigenvalue weighted by molar-refractivity contribution is -0.123. The summed E-state index contributed by atoms with van der Waals surface area (Å²) < 4.78 is 0. The molecule has 0 bridgehead atoms. The molecular weight excluding hydrogens is 164 g/mol. The second-order valence-electron chi connectivity index (χ2n) is 3.68. The van der Waals surface area contributed by atoms with Gasteiger partial charge in [-0.2, -0.15) is 0 Å². The lowest BCUT2D eigenvalue weighted by Gasteiger charge is -2.22. The highest BCUT2D eigenvalue weighted by Crippen LogP contribution is 2.06. The van der Waals surface area contributed by atoms with E-state index in [9.17, 15) is 4.79 Å². The van der Waals surface area contributed by atoms with Crippen LogP contribution in [0.2, 0.25) is 0 Å². The third-order valence-electron chi connectivity index (χ3n) is 2.19. The van der Waals surface area contributed by atoms with Gasteiger partial charge < -0.3 is 10.6 Å². The van der Waals surface area contributed by atoms with Crippen LogP contribution in [0, 0.1) is 0 Å². The van der Waals surface area contributed by atoms with Gasteiger partial charge in [-0.3, -0.25) is 4.79 Å². The normalized spacial score (nSPS) is 22.4. The van der Waals surface area contributed by atoms with Crippen molar-refractivity contribution in [3.05, 3.63) is 12.2 Å². The van der Waals surface area contributed by atoms with Gasteiger partial charge in [-0.1, -0.05) is 18.6 Å². The fourth-order valence-corrected chi connectivity index (χ4v) is 1.44. The largest absolute Gasteiger partial charge is 0.351 e. The van der Waals surface area contributed by atoms with Crippen molar-refractivity contribution in [3.63, 3.8) is 0 Å². The van der Waals surface area contributed by atoms with Gasteiger partial charge in [0.1, 0.15) is 0 Å². The molecule has 1 rings (SSSR count). The van der Waals surface area contributed by atoms with Crippen LogP contribution < -0.4 is 10.6 Å². The van der Waals surface area contributed by atoms with Crippen molar-refractivity contribution >= 4 is 5.91 Å². The van der Waals surface area contributed by atoms with E-state index in [2.05, 4.69) is 17.2 Å². The molecule has 0 aromatic carbocycles. The molecule has 0 aromatic heterocycles. The fourth-order valence-electron chi connectivity index (χ4n) is 1.44. The number of amides is 1. The Labute approximate surface area is 79.6 Å². The molecular formula is C10H18N2O. The van der Waals surface area contributed by atoms with Crippen LogP contribution in [0.3, 0.4) is 0 Å². The molecule has 1 aliphatic rings. The number of piperidine rings is 1. The molecule has 1 atom stereocenters. The van der Waals surface area contributed by atoms with Crippen LogP contribution in [0.1, 0.15) is 26.2 Å². The highest BCUT2D eigenvalue weighted by Gasteiger charge is 2.19. The molecule has 1 saturated heterocycles. The molecule has 1 heterocycles. The molecule has 1 unspecified atom stereocenters. The van der Waals surface area contributed by atoms with E-state index < -0.39 is 0 Å². The Morgan fingerprint density at radius 2 is 2.38 bits per heavy atom. The number of hydrogen-bond acceptors (Lipinski definition) is 2. The number of nitrogens with one attached hydrogen (secondary N) is 2. The van der Waals surface area contributed by atoms with E-state index in [0.29, 0.717) is 6.54 Å². The minimum Gasteiger partial charge on any atom is -0.351 e. The summed E-state index contributed by atoms with van der Waals surface area (Å²) in [7, 11) is 0. The first-order chi connectivity index (χ1) is 6.20. The summed E-state index contributed by atoms with van der Waals surface area (Å²) in [4.78, 5) is 11.5. The SMILES string of the molecule is C=C(C)CNC(=O)C1CCCCN1. The van der Waals surface area contributed by atoms with Gasteiger partial charge in [0.2, 0.25) is 5.91 Å². The summed E-state index contributed by atoms with van der Waals surface area (Å²) in [5.74, 6) is 0.114. The molecule has 0 saturated carbocycles. The van der Waals surface area contributed by atoms with Crippen molar-refractivity contribution in [2.45, 2.75) is 32.2 Å².